The highest BCUT2D eigenvalue weighted by Crippen LogP contribution is 2.20. The van der Waals surface area contributed by atoms with Crippen molar-refractivity contribution >= 4 is 29.1 Å². The van der Waals surface area contributed by atoms with Gasteiger partial charge in [0.1, 0.15) is 0 Å². The van der Waals surface area contributed by atoms with Crippen molar-refractivity contribution in [2.75, 3.05) is 5.32 Å². The van der Waals surface area contributed by atoms with E-state index in [9.17, 15) is 9.59 Å². The zero-order valence-corrected chi connectivity index (χ0v) is 13.9. The molecule has 23 heavy (non-hydrogen) atoms. The minimum atomic E-state index is -0.348. The highest BCUT2D eigenvalue weighted by Gasteiger charge is 2.16. The van der Waals surface area contributed by atoms with Crippen LogP contribution in [-0.4, -0.2) is 17.9 Å². The summed E-state index contributed by atoms with van der Waals surface area (Å²) in [6.07, 6.45) is 0.833. The number of carbonyl (C=O) groups is 2. The van der Waals surface area contributed by atoms with E-state index in [1.54, 1.807) is 48.5 Å². The summed E-state index contributed by atoms with van der Waals surface area (Å²) in [5.74, 6) is -0.561. The molecule has 0 aliphatic heterocycles. The number of halogens is 1. The van der Waals surface area contributed by atoms with Crippen LogP contribution < -0.4 is 10.6 Å². The maximum absolute atomic E-state index is 12.4. The number of para-hydroxylation sites is 1. The standard InChI is InChI=1S/C18H19ClN2O2/c1-3-12(2)20-18(23)14-9-5-7-11-16(14)21-17(22)13-8-4-6-10-15(13)19/h4-12H,3H2,1-2H3,(H,20,23)(H,21,22). The summed E-state index contributed by atoms with van der Waals surface area (Å²) in [4.78, 5) is 24.7. The molecule has 0 heterocycles. The number of carbonyl (C=O) groups excluding carboxylic acids is 2. The van der Waals surface area contributed by atoms with Crippen LogP contribution in [0.1, 0.15) is 41.0 Å². The molecule has 5 heteroatoms. The molecule has 1 atom stereocenters. The average molecular weight is 331 g/mol. The van der Waals surface area contributed by atoms with E-state index in [1.807, 2.05) is 13.8 Å². The fourth-order valence-electron chi connectivity index (χ4n) is 2.03. The molecule has 120 valence electrons. The fraction of sp³-hybridized carbons (Fsp3) is 0.222. The van der Waals surface area contributed by atoms with Gasteiger partial charge in [0.05, 0.1) is 21.8 Å². The molecule has 2 aromatic carbocycles. The topological polar surface area (TPSA) is 58.2 Å². The van der Waals surface area contributed by atoms with E-state index >= 15 is 0 Å². The Labute approximate surface area is 140 Å². The van der Waals surface area contributed by atoms with Gasteiger partial charge in [0.2, 0.25) is 0 Å². The fourth-order valence-corrected chi connectivity index (χ4v) is 2.25. The molecule has 2 amide bonds. The Bertz CT molecular complexity index is 716. The van der Waals surface area contributed by atoms with E-state index in [1.165, 1.54) is 0 Å². The predicted octanol–water partition coefficient (Wildman–Crippen LogP) is 4.12. The highest BCUT2D eigenvalue weighted by molar-refractivity contribution is 6.34. The quantitative estimate of drug-likeness (QED) is 0.866. The molecular weight excluding hydrogens is 312 g/mol. The lowest BCUT2D eigenvalue weighted by Crippen LogP contribution is -2.32. The molecule has 0 saturated carbocycles. The zero-order chi connectivity index (χ0) is 16.8. The maximum Gasteiger partial charge on any atom is 0.257 e. The average Bonchev–Trinajstić information content (AvgIpc) is 2.55. The van der Waals surface area contributed by atoms with Gasteiger partial charge in [-0.2, -0.15) is 0 Å². The van der Waals surface area contributed by atoms with Crippen LogP contribution in [0.25, 0.3) is 0 Å². The van der Waals surface area contributed by atoms with Crippen molar-refractivity contribution in [3.63, 3.8) is 0 Å². The summed E-state index contributed by atoms with van der Waals surface area (Å²) >= 11 is 6.04. The summed E-state index contributed by atoms with van der Waals surface area (Å²) in [5, 5.41) is 6.02. The van der Waals surface area contributed by atoms with Crippen molar-refractivity contribution in [1.29, 1.82) is 0 Å². The first-order chi connectivity index (χ1) is 11.0. The van der Waals surface area contributed by atoms with Gasteiger partial charge in [0.25, 0.3) is 11.8 Å². The second-order valence-corrected chi connectivity index (χ2v) is 5.67. The highest BCUT2D eigenvalue weighted by atomic mass is 35.5. The molecule has 1 unspecified atom stereocenters. The molecule has 0 radical (unpaired) electrons. The van der Waals surface area contributed by atoms with Gasteiger partial charge in [0, 0.05) is 6.04 Å². The van der Waals surface area contributed by atoms with Gasteiger partial charge >= 0.3 is 0 Å². The predicted molar refractivity (Wildman–Crippen MR) is 93.1 cm³/mol. The number of anilines is 1. The molecule has 0 bridgehead atoms. The zero-order valence-electron chi connectivity index (χ0n) is 13.1. The Morgan fingerprint density at radius 3 is 2.26 bits per heavy atom. The molecule has 0 aromatic heterocycles. The lowest BCUT2D eigenvalue weighted by molar-refractivity contribution is 0.0940. The molecule has 0 saturated heterocycles. The van der Waals surface area contributed by atoms with Crippen LogP contribution in [0.2, 0.25) is 5.02 Å². The van der Waals surface area contributed by atoms with Crippen LogP contribution >= 0.6 is 11.6 Å². The first-order valence-corrected chi connectivity index (χ1v) is 7.86. The number of benzene rings is 2. The summed E-state index contributed by atoms with van der Waals surface area (Å²) in [6.45, 7) is 3.93. The lowest BCUT2D eigenvalue weighted by atomic mass is 10.1. The summed E-state index contributed by atoms with van der Waals surface area (Å²) < 4.78 is 0. The van der Waals surface area contributed by atoms with Crippen LogP contribution in [0.5, 0.6) is 0 Å². The minimum absolute atomic E-state index is 0.0647. The molecular formula is C18H19ClN2O2. The monoisotopic (exact) mass is 330 g/mol. The molecule has 0 fully saturated rings. The Morgan fingerprint density at radius 2 is 1.61 bits per heavy atom. The van der Waals surface area contributed by atoms with E-state index in [2.05, 4.69) is 10.6 Å². The van der Waals surface area contributed by atoms with E-state index in [-0.39, 0.29) is 17.9 Å². The molecule has 0 spiro atoms. The van der Waals surface area contributed by atoms with Gasteiger partial charge < -0.3 is 10.6 Å². The van der Waals surface area contributed by atoms with Gasteiger partial charge in [0.15, 0.2) is 0 Å². The van der Waals surface area contributed by atoms with Crippen LogP contribution in [0.15, 0.2) is 48.5 Å². The van der Waals surface area contributed by atoms with Crippen molar-refractivity contribution in [2.24, 2.45) is 0 Å². The molecule has 4 nitrogen and oxygen atoms in total. The molecule has 2 aromatic rings. The van der Waals surface area contributed by atoms with Crippen molar-refractivity contribution in [2.45, 2.75) is 26.3 Å². The second kappa shape index (κ2) is 7.79. The smallest absolute Gasteiger partial charge is 0.257 e. The largest absolute Gasteiger partial charge is 0.350 e. The van der Waals surface area contributed by atoms with Crippen molar-refractivity contribution in [3.8, 4) is 0 Å². The maximum atomic E-state index is 12.4. The Balaban J connectivity index is 2.22. The molecule has 0 aliphatic carbocycles. The number of rotatable bonds is 5. The molecule has 2 rings (SSSR count). The van der Waals surface area contributed by atoms with Gasteiger partial charge in [-0.3, -0.25) is 9.59 Å². The summed E-state index contributed by atoms with van der Waals surface area (Å²) in [5.41, 5.74) is 1.25. The van der Waals surface area contributed by atoms with Crippen LogP contribution in [0.3, 0.4) is 0 Å². The Hall–Kier alpha value is -2.33. The lowest BCUT2D eigenvalue weighted by Gasteiger charge is -2.15. The number of hydrogen-bond donors (Lipinski definition) is 2. The van der Waals surface area contributed by atoms with E-state index in [0.29, 0.717) is 21.8 Å². The third-order valence-electron chi connectivity index (χ3n) is 3.53. The van der Waals surface area contributed by atoms with Crippen molar-refractivity contribution < 1.29 is 9.59 Å². The van der Waals surface area contributed by atoms with Crippen molar-refractivity contribution in [1.82, 2.24) is 5.32 Å². The van der Waals surface area contributed by atoms with Crippen LogP contribution in [-0.2, 0) is 0 Å². The molecule has 0 aliphatic rings. The van der Waals surface area contributed by atoms with Crippen molar-refractivity contribution in [3.05, 3.63) is 64.7 Å². The van der Waals surface area contributed by atoms with Gasteiger partial charge in [-0.05, 0) is 37.6 Å². The van der Waals surface area contributed by atoms with Gasteiger partial charge in [-0.1, -0.05) is 42.8 Å². The third-order valence-corrected chi connectivity index (χ3v) is 3.86. The first-order valence-electron chi connectivity index (χ1n) is 7.48. The first kappa shape index (κ1) is 17.0. The summed E-state index contributed by atoms with van der Waals surface area (Å²) in [6, 6.07) is 13.8. The Morgan fingerprint density at radius 1 is 1.00 bits per heavy atom. The normalized spacial score (nSPS) is 11.6. The van der Waals surface area contributed by atoms with Gasteiger partial charge in [-0.15, -0.1) is 0 Å². The van der Waals surface area contributed by atoms with Crippen LogP contribution in [0, 0.1) is 0 Å². The van der Waals surface area contributed by atoms with Gasteiger partial charge in [-0.25, -0.2) is 0 Å². The number of amides is 2. The minimum Gasteiger partial charge on any atom is -0.350 e. The van der Waals surface area contributed by atoms with E-state index in [4.69, 9.17) is 11.6 Å². The third kappa shape index (κ3) is 4.33. The van der Waals surface area contributed by atoms with E-state index < -0.39 is 0 Å². The SMILES string of the molecule is CCC(C)NC(=O)c1ccccc1NC(=O)c1ccccc1Cl. The number of hydrogen-bond acceptors (Lipinski definition) is 2. The second-order valence-electron chi connectivity index (χ2n) is 5.26. The van der Waals surface area contributed by atoms with Crippen LogP contribution in [0.4, 0.5) is 5.69 Å². The summed E-state index contributed by atoms with van der Waals surface area (Å²) in [7, 11) is 0. The number of nitrogens with one attached hydrogen (secondary N) is 2. The van der Waals surface area contributed by atoms with E-state index in [0.717, 1.165) is 6.42 Å². The molecule has 2 N–H and O–H groups in total. The Kier molecular flexibility index (Phi) is 5.77.